The van der Waals surface area contributed by atoms with E-state index in [1.807, 2.05) is 6.92 Å². The molecule has 0 radical (unpaired) electrons. The molecule has 4 nitrogen and oxygen atoms in total. The quantitative estimate of drug-likeness (QED) is 0.774. The summed E-state index contributed by atoms with van der Waals surface area (Å²) in [7, 11) is 1.33. The lowest BCUT2D eigenvalue weighted by atomic mass is 9.98. The molecule has 0 aliphatic heterocycles. The number of amides is 1. The van der Waals surface area contributed by atoms with Crippen LogP contribution >= 0.6 is 0 Å². The Labute approximate surface area is 120 Å². The van der Waals surface area contributed by atoms with Crippen molar-refractivity contribution in [2.75, 3.05) is 12.4 Å². The average molecular weight is 277 g/mol. The van der Waals surface area contributed by atoms with Gasteiger partial charge in [-0.3, -0.25) is 4.79 Å². The van der Waals surface area contributed by atoms with Crippen molar-refractivity contribution in [2.24, 2.45) is 5.92 Å². The van der Waals surface area contributed by atoms with Gasteiger partial charge in [0, 0.05) is 5.92 Å². The van der Waals surface area contributed by atoms with E-state index in [1.165, 1.54) is 7.11 Å². The fourth-order valence-electron chi connectivity index (χ4n) is 2.09. The van der Waals surface area contributed by atoms with E-state index in [1.54, 1.807) is 24.3 Å². The first-order valence-corrected chi connectivity index (χ1v) is 7.12. The summed E-state index contributed by atoms with van der Waals surface area (Å²) >= 11 is 0. The molecule has 0 fully saturated rings. The number of esters is 1. The Kier molecular flexibility index (Phi) is 6.77. The molecule has 4 heteroatoms. The number of methoxy groups -OCH3 is 1. The molecule has 0 spiro atoms. The molecule has 0 heterocycles. The lowest BCUT2D eigenvalue weighted by Crippen LogP contribution is -2.23. The highest BCUT2D eigenvalue weighted by Gasteiger charge is 2.18. The number of rotatable bonds is 7. The average Bonchev–Trinajstić information content (AvgIpc) is 2.47. The van der Waals surface area contributed by atoms with E-state index in [2.05, 4.69) is 12.2 Å². The van der Waals surface area contributed by atoms with Crippen molar-refractivity contribution in [3.8, 4) is 0 Å². The monoisotopic (exact) mass is 277 g/mol. The van der Waals surface area contributed by atoms with Crippen molar-refractivity contribution in [1.82, 2.24) is 0 Å². The minimum Gasteiger partial charge on any atom is -0.465 e. The van der Waals surface area contributed by atoms with Crippen LogP contribution in [-0.2, 0) is 9.53 Å². The number of hydrogen-bond acceptors (Lipinski definition) is 3. The number of hydrogen-bond donors (Lipinski definition) is 1. The fourth-order valence-corrected chi connectivity index (χ4v) is 2.09. The molecule has 0 bridgehead atoms. The Morgan fingerprint density at radius 3 is 2.55 bits per heavy atom. The van der Waals surface area contributed by atoms with Crippen LogP contribution in [0.25, 0.3) is 0 Å². The topological polar surface area (TPSA) is 55.4 Å². The predicted molar refractivity (Wildman–Crippen MR) is 79.7 cm³/mol. The highest BCUT2D eigenvalue weighted by atomic mass is 16.5. The second-order valence-electron chi connectivity index (χ2n) is 4.77. The minimum absolute atomic E-state index is 0.0133. The largest absolute Gasteiger partial charge is 0.465 e. The first-order chi connectivity index (χ1) is 9.63. The third-order valence-electron chi connectivity index (χ3n) is 3.36. The highest BCUT2D eigenvalue weighted by molar-refractivity contribution is 6.01. The van der Waals surface area contributed by atoms with Crippen LogP contribution in [0.1, 0.15) is 49.9 Å². The molecule has 0 aliphatic rings. The first kappa shape index (κ1) is 16.2. The second-order valence-corrected chi connectivity index (χ2v) is 4.77. The third-order valence-corrected chi connectivity index (χ3v) is 3.36. The third kappa shape index (κ3) is 4.37. The molecule has 1 N–H and O–H groups in total. The van der Waals surface area contributed by atoms with Crippen molar-refractivity contribution >= 4 is 17.6 Å². The van der Waals surface area contributed by atoms with Gasteiger partial charge >= 0.3 is 5.97 Å². The zero-order valence-corrected chi connectivity index (χ0v) is 12.4. The molecule has 1 atom stereocenters. The second kappa shape index (κ2) is 8.35. The van der Waals surface area contributed by atoms with Crippen LogP contribution < -0.4 is 5.32 Å². The van der Waals surface area contributed by atoms with Gasteiger partial charge in [-0.1, -0.05) is 38.8 Å². The summed E-state index contributed by atoms with van der Waals surface area (Å²) in [6.45, 7) is 4.11. The van der Waals surface area contributed by atoms with Gasteiger partial charge in [0.1, 0.15) is 0 Å². The van der Waals surface area contributed by atoms with E-state index < -0.39 is 5.97 Å². The molecule has 1 amide bonds. The Morgan fingerprint density at radius 2 is 1.95 bits per heavy atom. The number of carbonyl (C=O) groups is 2. The molecule has 0 saturated carbocycles. The summed E-state index contributed by atoms with van der Waals surface area (Å²) in [6.07, 6.45) is 3.78. The molecule has 1 unspecified atom stereocenters. The number of anilines is 1. The van der Waals surface area contributed by atoms with Gasteiger partial charge in [0.15, 0.2) is 0 Å². The molecule has 1 aromatic rings. The van der Waals surface area contributed by atoms with Gasteiger partial charge in [0.2, 0.25) is 5.91 Å². The number of unbranched alkanes of at least 4 members (excludes halogenated alkanes) is 1. The summed E-state index contributed by atoms with van der Waals surface area (Å²) in [5.74, 6) is -0.486. The lowest BCUT2D eigenvalue weighted by molar-refractivity contribution is -0.120. The summed E-state index contributed by atoms with van der Waals surface area (Å²) in [5.41, 5.74) is 0.896. The minimum atomic E-state index is -0.442. The first-order valence-electron chi connectivity index (χ1n) is 7.12. The van der Waals surface area contributed by atoms with Crippen molar-refractivity contribution < 1.29 is 14.3 Å². The van der Waals surface area contributed by atoms with Crippen LogP contribution in [0.5, 0.6) is 0 Å². The smallest absolute Gasteiger partial charge is 0.339 e. The number of ether oxygens (including phenoxy) is 1. The maximum absolute atomic E-state index is 12.2. The van der Waals surface area contributed by atoms with Gasteiger partial charge in [-0.05, 0) is 25.0 Å². The predicted octanol–water partition coefficient (Wildman–Crippen LogP) is 3.63. The normalized spacial score (nSPS) is 11.8. The maximum atomic E-state index is 12.2. The zero-order valence-electron chi connectivity index (χ0n) is 12.4. The van der Waals surface area contributed by atoms with E-state index in [4.69, 9.17) is 4.74 Å². The van der Waals surface area contributed by atoms with E-state index in [-0.39, 0.29) is 11.8 Å². The van der Waals surface area contributed by atoms with Crippen molar-refractivity contribution in [3.63, 3.8) is 0 Å². The fraction of sp³-hybridized carbons (Fsp3) is 0.500. The number of carbonyl (C=O) groups excluding carboxylic acids is 2. The number of benzene rings is 1. The molecule has 0 saturated heterocycles. The van der Waals surface area contributed by atoms with Crippen molar-refractivity contribution in [1.29, 1.82) is 0 Å². The molecule has 0 aliphatic carbocycles. The van der Waals surface area contributed by atoms with Crippen LogP contribution in [0.4, 0.5) is 5.69 Å². The molecular formula is C16H23NO3. The van der Waals surface area contributed by atoms with Crippen LogP contribution in [0.3, 0.4) is 0 Å². The number of nitrogens with one attached hydrogen (secondary N) is 1. The Bertz CT molecular complexity index is 457. The highest BCUT2D eigenvalue weighted by Crippen LogP contribution is 2.20. The Morgan fingerprint density at radius 1 is 1.25 bits per heavy atom. The van der Waals surface area contributed by atoms with Gasteiger partial charge in [-0.15, -0.1) is 0 Å². The van der Waals surface area contributed by atoms with Crippen LogP contribution in [0.2, 0.25) is 0 Å². The van der Waals surface area contributed by atoms with Crippen molar-refractivity contribution in [3.05, 3.63) is 29.8 Å². The molecule has 1 rings (SSSR count). The Balaban J connectivity index is 2.81. The summed E-state index contributed by atoms with van der Waals surface area (Å²) in [5, 5.41) is 2.85. The standard InChI is InChI=1S/C16H23NO3/c1-4-6-9-12(5-2)15(18)17-14-11-8-7-10-13(14)16(19)20-3/h7-8,10-12H,4-6,9H2,1-3H3,(H,17,18). The van der Waals surface area contributed by atoms with E-state index in [0.29, 0.717) is 11.3 Å². The van der Waals surface area contributed by atoms with Gasteiger partial charge in [-0.2, -0.15) is 0 Å². The molecule has 0 aromatic heterocycles. The maximum Gasteiger partial charge on any atom is 0.339 e. The van der Waals surface area contributed by atoms with Crippen LogP contribution in [0, 0.1) is 5.92 Å². The molecule has 110 valence electrons. The van der Waals surface area contributed by atoms with Crippen molar-refractivity contribution in [2.45, 2.75) is 39.5 Å². The molecule has 1 aromatic carbocycles. The van der Waals surface area contributed by atoms with Gasteiger partial charge in [-0.25, -0.2) is 4.79 Å². The van der Waals surface area contributed by atoms with Gasteiger partial charge < -0.3 is 10.1 Å². The lowest BCUT2D eigenvalue weighted by Gasteiger charge is -2.16. The molecular weight excluding hydrogens is 254 g/mol. The van der Waals surface area contributed by atoms with Gasteiger partial charge in [0.25, 0.3) is 0 Å². The SMILES string of the molecule is CCCCC(CC)C(=O)Nc1ccccc1C(=O)OC. The summed E-state index contributed by atoms with van der Waals surface area (Å²) in [6, 6.07) is 6.90. The summed E-state index contributed by atoms with van der Waals surface area (Å²) in [4.78, 5) is 23.9. The van der Waals surface area contributed by atoms with Gasteiger partial charge in [0.05, 0.1) is 18.4 Å². The zero-order chi connectivity index (χ0) is 15.0. The Hall–Kier alpha value is -1.84. The van der Waals surface area contributed by atoms with E-state index in [0.717, 1.165) is 25.7 Å². The van der Waals surface area contributed by atoms with E-state index in [9.17, 15) is 9.59 Å². The molecule has 20 heavy (non-hydrogen) atoms. The van der Waals surface area contributed by atoms with E-state index >= 15 is 0 Å². The number of para-hydroxylation sites is 1. The van der Waals surface area contributed by atoms with Crippen LogP contribution in [-0.4, -0.2) is 19.0 Å². The van der Waals surface area contributed by atoms with Crippen LogP contribution in [0.15, 0.2) is 24.3 Å². The summed E-state index contributed by atoms with van der Waals surface area (Å²) < 4.78 is 4.72.